The molecule has 2 fully saturated rings. The lowest BCUT2D eigenvalue weighted by Crippen LogP contribution is -2.49. The quantitative estimate of drug-likeness (QED) is 0.593. The van der Waals surface area contributed by atoms with Crippen molar-refractivity contribution in [1.29, 1.82) is 0 Å². The molecule has 0 spiro atoms. The molecule has 0 saturated carbocycles. The first kappa shape index (κ1) is 23.2. The molecule has 2 aliphatic heterocycles. The molecule has 2 aromatic carbocycles. The van der Waals surface area contributed by atoms with Gasteiger partial charge in [0, 0.05) is 44.0 Å². The minimum atomic E-state index is -1.21. The fraction of sp³-hybridized carbons (Fsp3) is 0.417. The van der Waals surface area contributed by atoms with Gasteiger partial charge >= 0.3 is 0 Å². The molecule has 2 saturated heterocycles. The van der Waals surface area contributed by atoms with Gasteiger partial charge in [-0.25, -0.2) is 4.39 Å². The average Bonchev–Trinajstić information content (AvgIpc) is 3.11. The van der Waals surface area contributed by atoms with Crippen molar-refractivity contribution < 1.29 is 28.9 Å². The third-order valence-corrected chi connectivity index (χ3v) is 6.16. The predicted octanol–water partition coefficient (Wildman–Crippen LogP) is 0.784. The van der Waals surface area contributed by atoms with Crippen LogP contribution in [-0.4, -0.2) is 84.1 Å². The largest absolute Gasteiger partial charge is 0.388 e. The maximum absolute atomic E-state index is 13.1. The van der Waals surface area contributed by atoms with Crippen LogP contribution in [0.4, 0.5) is 10.1 Å². The Morgan fingerprint density at radius 1 is 0.939 bits per heavy atom. The number of benzene rings is 2. The number of rotatable bonds is 6. The number of aliphatic hydroxyl groups is 2. The summed E-state index contributed by atoms with van der Waals surface area (Å²) in [6, 6.07) is 14.9. The number of carbonyl (C=O) groups is 2. The molecule has 2 heterocycles. The molecular formula is C24H28FN3O5. The summed E-state index contributed by atoms with van der Waals surface area (Å²) in [6.07, 6.45) is -4.12. The molecule has 4 unspecified atom stereocenters. The highest BCUT2D eigenvalue weighted by Crippen LogP contribution is 2.25. The highest BCUT2D eigenvalue weighted by Gasteiger charge is 2.44. The molecule has 2 aromatic rings. The van der Waals surface area contributed by atoms with Crippen molar-refractivity contribution in [3.8, 4) is 0 Å². The van der Waals surface area contributed by atoms with Gasteiger partial charge in [0.15, 0.2) is 0 Å². The second-order valence-corrected chi connectivity index (χ2v) is 8.32. The number of aliphatic hydroxyl groups excluding tert-OH is 2. The van der Waals surface area contributed by atoms with Gasteiger partial charge in [0.2, 0.25) is 5.91 Å². The Hall–Kier alpha value is -3.01. The van der Waals surface area contributed by atoms with Crippen molar-refractivity contribution in [3.05, 3.63) is 66.0 Å². The molecule has 33 heavy (non-hydrogen) atoms. The summed E-state index contributed by atoms with van der Waals surface area (Å²) in [5.74, 6) is -0.763. The summed E-state index contributed by atoms with van der Waals surface area (Å²) in [5, 5.41) is 23.4. The lowest BCUT2D eigenvalue weighted by Gasteiger charge is -2.36. The molecule has 2 aliphatic rings. The van der Waals surface area contributed by atoms with E-state index in [-0.39, 0.29) is 30.6 Å². The number of halogens is 1. The van der Waals surface area contributed by atoms with E-state index in [0.29, 0.717) is 31.7 Å². The van der Waals surface area contributed by atoms with Crippen molar-refractivity contribution in [1.82, 2.24) is 10.2 Å². The van der Waals surface area contributed by atoms with Crippen LogP contribution in [0.1, 0.15) is 16.8 Å². The van der Waals surface area contributed by atoms with E-state index in [1.165, 1.54) is 12.1 Å². The minimum Gasteiger partial charge on any atom is -0.388 e. The van der Waals surface area contributed by atoms with Gasteiger partial charge in [-0.15, -0.1) is 0 Å². The Balaban J connectivity index is 1.25. The van der Waals surface area contributed by atoms with Crippen LogP contribution in [-0.2, 0) is 9.53 Å². The Labute approximate surface area is 191 Å². The van der Waals surface area contributed by atoms with Crippen LogP contribution < -0.4 is 10.2 Å². The first-order valence-electron chi connectivity index (χ1n) is 11.1. The lowest BCUT2D eigenvalue weighted by molar-refractivity contribution is -0.135. The molecule has 8 nitrogen and oxygen atoms in total. The summed E-state index contributed by atoms with van der Waals surface area (Å²) in [6.45, 7) is 2.24. The molecule has 176 valence electrons. The number of nitrogens with zero attached hydrogens (tertiary/aromatic N) is 2. The van der Waals surface area contributed by atoms with E-state index >= 15 is 0 Å². The van der Waals surface area contributed by atoms with Gasteiger partial charge in [-0.3, -0.25) is 9.59 Å². The zero-order valence-electron chi connectivity index (χ0n) is 18.1. The predicted molar refractivity (Wildman–Crippen MR) is 119 cm³/mol. The Morgan fingerprint density at radius 2 is 1.58 bits per heavy atom. The normalized spacial score (nSPS) is 25.2. The smallest absolute Gasteiger partial charge is 0.251 e. The second-order valence-electron chi connectivity index (χ2n) is 8.32. The van der Waals surface area contributed by atoms with Crippen molar-refractivity contribution >= 4 is 17.5 Å². The Kier molecular flexibility index (Phi) is 7.22. The average molecular weight is 458 g/mol. The van der Waals surface area contributed by atoms with Crippen molar-refractivity contribution in [2.45, 2.75) is 30.8 Å². The summed E-state index contributed by atoms with van der Waals surface area (Å²) < 4.78 is 18.9. The standard InChI is InChI=1S/C24H28FN3O5/c25-17-6-8-18(9-7-17)27-10-12-28(13-11-27)21(29)14-19-22(30)23(31)20(33-19)15-26-24(32)16-4-2-1-3-5-16/h1-9,19-20,22-23,30-31H,10-15H2,(H,26,32). The van der Waals surface area contributed by atoms with Crippen molar-refractivity contribution in [3.63, 3.8) is 0 Å². The lowest BCUT2D eigenvalue weighted by atomic mass is 10.0. The third kappa shape index (κ3) is 5.50. The van der Waals surface area contributed by atoms with Crippen LogP contribution in [0.15, 0.2) is 54.6 Å². The Bertz CT molecular complexity index is 950. The monoisotopic (exact) mass is 457 g/mol. The molecular weight excluding hydrogens is 429 g/mol. The number of ether oxygens (including phenoxy) is 1. The van der Waals surface area contributed by atoms with Gasteiger partial charge < -0.3 is 30.1 Å². The topological polar surface area (TPSA) is 102 Å². The van der Waals surface area contributed by atoms with Crippen molar-refractivity contribution in [2.75, 3.05) is 37.6 Å². The number of hydrogen-bond acceptors (Lipinski definition) is 6. The number of amides is 2. The van der Waals surface area contributed by atoms with Crippen LogP contribution in [0, 0.1) is 5.82 Å². The van der Waals surface area contributed by atoms with Gasteiger partial charge in [-0.2, -0.15) is 0 Å². The summed E-state index contributed by atoms with van der Waals surface area (Å²) >= 11 is 0. The van der Waals surface area contributed by atoms with E-state index in [4.69, 9.17) is 4.74 Å². The highest BCUT2D eigenvalue weighted by atomic mass is 19.1. The SMILES string of the molecule is O=C(NCC1OC(CC(=O)N2CCN(c3ccc(F)cc3)CC2)C(O)C1O)c1ccccc1. The Morgan fingerprint density at radius 3 is 2.24 bits per heavy atom. The molecule has 0 aliphatic carbocycles. The number of anilines is 1. The van der Waals surface area contributed by atoms with Crippen LogP contribution in [0.25, 0.3) is 0 Å². The zero-order valence-corrected chi connectivity index (χ0v) is 18.1. The van der Waals surface area contributed by atoms with E-state index in [9.17, 15) is 24.2 Å². The van der Waals surface area contributed by atoms with E-state index in [0.717, 1.165) is 5.69 Å². The van der Waals surface area contributed by atoms with Crippen LogP contribution in [0.2, 0.25) is 0 Å². The fourth-order valence-electron chi connectivity index (χ4n) is 4.22. The molecule has 9 heteroatoms. The van der Waals surface area contributed by atoms with E-state index in [2.05, 4.69) is 10.2 Å². The van der Waals surface area contributed by atoms with Crippen LogP contribution in [0.3, 0.4) is 0 Å². The molecule has 4 atom stereocenters. The molecule has 2 amide bonds. The summed E-state index contributed by atoms with van der Waals surface area (Å²) in [4.78, 5) is 28.8. The van der Waals surface area contributed by atoms with Crippen LogP contribution >= 0.6 is 0 Å². The van der Waals surface area contributed by atoms with Gasteiger partial charge in [-0.05, 0) is 36.4 Å². The summed E-state index contributed by atoms with van der Waals surface area (Å²) in [5.41, 5.74) is 1.39. The molecule has 0 radical (unpaired) electrons. The van der Waals surface area contributed by atoms with Gasteiger partial charge in [0.25, 0.3) is 5.91 Å². The number of piperazine rings is 1. The highest BCUT2D eigenvalue weighted by molar-refractivity contribution is 5.94. The van der Waals surface area contributed by atoms with E-state index < -0.39 is 24.4 Å². The van der Waals surface area contributed by atoms with Crippen molar-refractivity contribution in [2.24, 2.45) is 0 Å². The zero-order chi connectivity index (χ0) is 23.4. The first-order valence-corrected chi connectivity index (χ1v) is 11.1. The maximum atomic E-state index is 13.1. The number of hydrogen-bond donors (Lipinski definition) is 3. The van der Waals surface area contributed by atoms with E-state index in [1.807, 2.05) is 0 Å². The van der Waals surface area contributed by atoms with Gasteiger partial charge in [0.05, 0.1) is 12.5 Å². The van der Waals surface area contributed by atoms with E-state index in [1.54, 1.807) is 47.4 Å². The first-order chi connectivity index (χ1) is 15.9. The summed E-state index contributed by atoms with van der Waals surface area (Å²) in [7, 11) is 0. The van der Waals surface area contributed by atoms with Crippen LogP contribution in [0.5, 0.6) is 0 Å². The number of carbonyl (C=O) groups excluding carboxylic acids is 2. The molecule has 4 rings (SSSR count). The number of nitrogens with one attached hydrogen (secondary N) is 1. The second kappa shape index (κ2) is 10.3. The fourth-order valence-corrected chi connectivity index (χ4v) is 4.22. The third-order valence-electron chi connectivity index (χ3n) is 6.16. The minimum absolute atomic E-state index is 0.0208. The maximum Gasteiger partial charge on any atom is 0.251 e. The van der Waals surface area contributed by atoms with Gasteiger partial charge in [0.1, 0.15) is 24.1 Å². The molecule has 0 aromatic heterocycles. The molecule has 3 N–H and O–H groups in total. The van der Waals surface area contributed by atoms with Gasteiger partial charge in [-0.1, -0.05) is 18.2 Å². The molecule has 0 bridgehead atoms.